The normalized spacial score (nSPS) is 11.1. The number of rotatable bonds is 5. The second-order valence-electron chi connectivity index (χ2n) is 6.21. The average Bonchev–Trinajstić information content (AvgIpc) is 3.21. The first-order valence-electron chi connectivity index (χ1n) is 8.25. The minimum Gasteiger partial charge on any atom is -0.350 e. The lowest BCUT2D eigenvalue weighted by Crippen LogP contribution is -2.28. The first-order chi connectivity index (χ1) is 11.9. The predicted molar refractivity (Wildman–Crippen MR) is 100 cm³/mol. The van der Waals surface area contributed by atoms with Crippen LogP contribution in [-0.4, -0.2) is 32.0 Å². The van der Waals surface area contributed by atoms with E-state index in [0.29, 0.717) is 18.7 Å². The van der Waals surface area contributed by atoms with E-state index in [1.165, 1.54) is 11.1 Å². The van der Waals surface area contributed by atoms with Crippen molar-refractivity contribution < 1.29 is 4.79 Å². The molecule has 1 N–H and O–H groups in total. The Morgan fingerprint density at radius 2 is 1.92 bits per heavy atom. The first kappa shape index (κ1) is 17.4. The second kappa shape index (κ2) is 6.84. The van der Waals surface area contributed by atoms with E-state index in [-0.39, 0.29) is 5.91 Å². The van der Waals surface area contributed by atoms with Crippen molar-refractivity contribution in [3.63, 3.8) is 0 Å². The van der Waals surface area contributed by atoms with Crippen molar-refractivity contribution in [1.82, 2.24) is 24.9 Å². The van der Waals surface area contributed by atoms with Gasteiger partial charge in [-0.05, 0) is 50.1 Å². The zero-order valence-electron chi connectivity index (χ0n) is 15.3. The highest BCUT2D eigenvalue weighted by molar-refractivity contribution is 7.08. The molecule has 3 aromatic heterocycles. The molecule has 6 nitrogen and oxygen atoms in total. The summed E-state index contributed by atoms with van der Waals surface area (Å²) in [6.45, 7) is 9.03. The van der Waals surface area contributed by atoms with E-state index in [4.69, 9.17) is 0 Å². The number of hydrogen-bond acceptors (Lipinski definition) is 4. The van der Waals surface area contributed by atoms with E-state index in [2.05, 4.69) is 39.3 Å². The van der Waals surface area contributed by atoms with Gasteiger partial charge in [0.2, 0.25) is 0 Å². The number of nitrogens with zero attached hydrogens (tertiary/aromatic N) is 4. The van der Waals surface area contributed by atoms with Crippen molar-refractivity contribution in [3.05, 3.63) is 45.2 Å². The number of hydrogen-bond donors (Lipinski definition) is 1. The Kier molecular flexibility index (Phi) is 4.76. The van der Waals surface area contributed by atoms with Gasteiger partial charge in [-0.3, -0.25) is 14.2 Å². The van der Waals surface area contributed by atoms with Gasteiger partial charge in [0.1, 0.15) is 0 Å². The molecule has 3 aromatic rings. The highest BCUT2D eigenvalue weighted by Crippen LogP contribution is 2.28. The average molecular weight is 357 g/mol. The van der Waals surface area contributed by atoms with Gasteiger partial charge in [-0.15, -0.1) is 0 Å². The molecule has 0 aliphatic rings. The molecule has 25 heavy (non-hydrogen) atoms. The summed E-state index contributed by atoms with van der Waals surface area (Å²) in [6, 6.07) is 2.11. The molecule has 0 aliphatic heterocycles. The van der Waals surface area contributed by atoms with Gasteiger partial charge in [-0.1, -0.05) is 0 Å². The molecule has 0 spiro atoms. The molecule has 0 aliphatic carbocycles. The van der Waals surface area contributed by atoms with E-state index >= 15 is 0 Å². The van der Waals surface area contributed by atoms with Crippen molar-refractivity contribution >= 4 is 17.2 Å². The molecule has 132 valence electrons. The molecule has 0 atom stereocenters. The summed E-state index contributed by atoms with van der Waals surface area (Å²) < 4.78 is 3.70. The minimum atomic E-state index is -0.0808. The standard InChI is InChI=1S/C18H23N5OS/c1-11-16(15-6-9-25-10-15)14(4)23(21-11)8-7-19-18(24)17-12(2)20-22(5)13(17)3/h6,9-10H,7-8H2,1-5H3,(H,19,24). The molecule has 0 radical (unpaired) electrons. The number of aromatic nitrogens is 4. The van der Waals surface area contributed by atoms with Crippen LogP contribution in [0.4, 0.5) is 0 Å². The number of thiophene rings is 1. The van der Waals surface area contributed by atoms with Crippen LogP contribution in [0.1, 0.15) is 33.1 Å². The SMILES string of the molecule is Cc1nn(C)c(C)c1C(=O)NCCn1nc(C)c(-c2ccsc2)c1C. The maximum Gasteiger partial charge on any atom is 0.255 e. The predicted octanol–water partition coefficient (Wildman–Crippen LogP) is 3.01. The van der Waals surface area contributed by atoms with Crippen LogP contribution in [-0.2, 0) is 13.6 Å². The van der Waals surface area contributed by atoms with Crippen molar-refractivity contribution in [2.45, 2.75) is 34.2 Å². The number of carbonyl (C=O) groups excluding carboxylic acids is 1. The van der Waals surface area contributed by atoms with E-state index < -0.39 is 0 Å². The Labute approximate surface area is 151 Å². The third-order valence-electron chi connectivity index (χ3n) is 4.54. The van der Waals surface area contributed by atoms with Crippen molar-refractivity contribution in [1.29, 1.82) is 0 Å². The highest BCUT2D eigenvalue weighted by atomic mass is 32.1. The summed E-state index contributed by atoms with van der Waals surface area (Å²) in [4.78, 5) is 12.4. The quantitative estimate of drug-likeness (QED) is 0.763. The van der Waals surface area contributed by atoms with Gasteiger partial charge in [0, 0.05) is 30.5 Å². The van der Waals surface area contributed by atoms with Gasteiger partial charge in [0.25, 0.3) is 5.91 Å². The van der Waals surface area contributed by atoms with Gasteiger partial charge in [0.05, 0.1) is 23.5 Å². The number of amides is 1. The molecule has 3 heterocycles. The molecule has 0 saturated carbocycles. The first-order valence-corrected chi connectivity index (χ1v) is 9.19. The molecule has 7 heteroatoms. The zero-order valence-corrected chi connectivity index (χ0v) is 16.1. The zero-order chi connectivity index (χ0) is 18.1. The molecule has 1 amide bonds. The largest absolute Gasteiger partial charge is 0.350 e. The van der Waals surface area contributed by atoms with Crippen molar-refractivity contribution in [3.8, 4) is 11.1 Å². The fourth-order valence-electron chi connectivity index (χ4n) is 3.21. The van der Waals surface area contributed by atoms with Gasteiger partial charge in [0.15, 0.2) is 0 Å². The molecule has 0 saturated heterocycles. The Hall–Kier alpha value is -2.41. The van der Waals surface area contributed by atoms with E-state index in [1.807, 2.05) is 32.5 Å². The van der Waals surface area contributed by atoms with E-state index in [9.17, 15) is 4.79 Å². The van der Waals surface area contributed by atoms with Crippen LogP contribution in [0.5, 0.6) is 0 Å². The molecule has 0 bridgehead atoms. The minimum absolute atomic E-state index is 0.0808. The Morgan fingerprint density at radius 1 is 1.16 bits per heavy atom. The van der Waals surface area contributed by atoms with Gasteiger partial charge < -0.3 is 5.32 Å². The summed E-state index contributed by atoms with van der Waals surface area (Å²) in [6.07, 6.45) is 0. The topological polar surface area (TPSA) is 64.7 Å². The summed E-state index contributed by atoms with van der Waals surface area (Å²) in [5, 5.41) is 16.1. The highest BCUT2D eigenvalue weighted by Gasteiger charge is 2.17. The number of nitrogens with one attached hydrogen (secondary N) is 1. The van der Waals surface area contributed by atoms with Crippen LogP contribution in [0.3, 0.4) is 0 Å². The van der Waals surface area contributed by atoms with E-state index in [1.54, 1.807) is 16.0 Å². The van der Waals surface area contributed by atoms with Gasteiger partial charge >= 0.3 is 0 Å². The smallest absolute Gasteiger partial charge is 0.255 e. The lowest BCUT2D eigenvalue weighted by molar-refractivity contribution is 0.0950. The molecular weight excluding hydrogens is 334 g/mol. The summed E-state index contributed by atoms with van der Waals surface area (Å²) >= 11 is 1.68. The van der Waals surface area contributed by atoms with Crippen LogP contribution in [0.15, 0.2) is 16.8 Å². The van der Waals surface area contributed by atoms with E-state index in [0.717, 1.165) is 22.8 Å². The molecule has 0 fully saturated rings. The Balaban J connectivity index is 1.69. The van der Waals surface area contributed by atoms with Crippen LogP contribution in [0, 0.1) is 27.7 Å². The van der Waals surface area contributed by atoms with Crippen molar-refractivity contribution in [2.75, 3.05) is 6.54 Å². The Morgan fingerprint density at radius 3 is 2.52 bits per heavy atom. The third kappa shape index (κ3) is 3.24. The third-order valence-corrected chi connectivity index (χ3v) is 5.22. The van der Waals surface area contributed by atoms with Crippen LogP contribution in [0.2, 0.25) is 0 Å². The number of carbonyl (C=O) groups is 1. The molecule has 0 unspecified atom stereocenters. The lowest BCUT2D eigenvalue weighted by atomic mass is 10.1. The maximum absolute atomic E-state index is 12.4. The van der Waals surface area contributed by atoms with Gasteiger partial charge in [-0.25, -0.2) is 0 Å². The molecule has 3 rings (SSSR count). The van der Waals surface area contributed by atoms with Gasteiger partial charge in [-0.2, -0.15) is 21.5 Å². The monoisotopic (exact) mass is 357 g/mol. The van der Waals surface area contributed by atoms with Crippen molar-refractivity contribution in [2.24, 2.45) is 7.05 Å². The fourth-order valence-corrected chi connectivity index (χ4v) is 3.85. The van der Waals surface area contributed by atoms with Crippen LogP contribution < -0.4 is 5.32 Å². The maximum atomic E-state index is 12.4. The summed E-state index contributed by atoms with van der Waals surface area (Å²) in [7, 11) is 1.85. The Bertz CT molecular complexity index is 905. The second-order valence-corrected chi connectivity index (χ2v) is 6.99. The van der Waals surface area contributed by atoms with Crippen LogP contribution in [0.25, 0.3) is 11.1 Å². The summed E-state index contributed by atoms with van der Waals surface area (Å²) in [5.41, 5.74) is 6.82. The van der Waals surface area contributed by atoms with Crippen LogP contribution >= 0.6 is 11.3 Å². The molecular formula is C18H23N5OS. The summed E-state index contributed by atoms with van der Waals surface area (Å²) in [5.74, 6) is -0.0808. The fraction of sp³-hybridized carbons (Fsp3) is 0.389. The molecule has 0 aromatic carbocycles. The number of aryl methyl sites for hydroxylation is 3. The lowest BCUT2D eigenvalue weighted by Gasteiger charge is -2.08.